The second-order valence-electron chi connectivity index (χ2n) is 7.25. The first-order valence-electron chi connectivity index (χ1n) is 8.89. The molecule has 1 fully saturated rings. The van der Waals surface area contributed by atoms with E-state index in [1.807, 2.05) is 6.92 Å². The number of hydrogen-bond donors (Lipinski definition) is 2. The summed E-state index contributed by atoms with van der Waals surface area (Å²) in [5.41, 5.74) is 2.60. The highest BCUT2D eigenvalue weighted by atomic mass is 16.8. The lowest BCUT2D eigenvalue weighted by atomic mass is 9.95. The number of carbonyl (C=O) groups is 2. The molecular formula is C17H21N5O6. The number of nitrogens with zero attached hydrogens (tertiary/aromatic N) is 4. The molecule has 1 aromatic heterocycles. The van der Waals surface area contributed by atoms with E-state index in [1.165, 1.54) is 22.9 Å². The first-order valence-corrected chi connectivity index (χ1v) is 8.89. The highest BCUT2D eigenvalue weighted by molar-refractivity contribution is 5.99. The van der Waals surface area contributed by atoms with E-state index in [0.717, 1.165) is 0 Å². The molecule has 4 heterocycles. The van der Waals surface area contributed by atoms with Crippen LogP contribution in [-0.4, -0.2) is 62.7 Å². The van der Waals surface area contributed by atoms with Crippen molar-refractivity contribution in [2.45, 2.75) is 44.5 Å². The third-order valence-electron chi connectivity index (χ3n) is 5.77. The Kier molecular flexibility index (Phi) is 3.89. The van der Waals surface area contributed by atoms with Gasteiger partial charge in [-0.3, -0.25) is 19.2 Å². The number of amides is 2. The Morgan fingerprint density at radius 3 is 2.82 bits per heavy atom. The van der Waals surface area contributed by atoms with Crippen molar-refractivity contribution >= 4 is 17.6 Å². The Balaban J connectivity index is 2.00. The molecule has 3 N–H and O–H groups in total. The van der Waals surface area contributed by atoms with Gasteiger partial charge < -0.3 is 25.1 Å². The van der Waals surface area contributed by atoms with Crippen molar-refractivity contribution in [1.82, 2.24) is 14.5 Å². The van der Waals surface area contributed by atoms with Crippen LogP contribution in [-0.2, 0) is 9.68 Å². The lowest BCUT2D eigenvalue weighted by molar-refractivity contribution is -0.254. The number of aromatic nitrogens is 1. The van der Waals surface area contributed by atoms with Crippen LogP contribution in [0.5, 0.6) is 5.75 Å². The summed E-state index contributed by atoms with van der Waals surface area (Å²) in [6.07, 6.45) is 2.24. The van der Waals surface area contributed by atoms with Crippen LogP contribution in [0.3, 0.4) is 0 Å². The van der Waals surface area contributed by atoms with Gasteiger partial charge in [0.2, 0.25) is 5.43 Å². The standard InChI is InChI=1S/C17H21N5O6/c1-8-4-5-17(22(27-3)9(2)19-28-17)11-7-20(8)16(26)12-14(24)13(23)10(15(18)25)6-21(11)12/h6,8,11,24H,4-5,7H2,1-3H3,(H2,18,25)/t8-,11?,17?/m0/s1. The molecule has 1 aromatic rings. The van der Waals surface area contributed by atoms with Crippen LogP contribution in [0.15, 0.2) is 16.1 Å². The van der Waals surface area contributed by atoms with E-state index in [1.54, 1.807) is 11.8 Å². The van der Waals surface area contributed by atoms with E-state index in [0.29, 0.717) is 18.7 Å². The number of rotatable bonds is 2. The third kappa shape index (κ3) is 2.19. The van der Waals surface area contributed by atoms with Gasteiger partial charge in [-0.1, -0.05) is 5.16 Å². The molecule has 3 atom stereocenters. The summed E-state index contributed by atoms with van der Waals surface area (Å²) < 4.78 is 1.40. The molecule has 0 aromatic carbocycles. The van der Waals surface area contributed by atoms with Crippen LogP contribution < -0.4 is 11.2 Å². The Hall–Kier alpha value is -3.08. The van der Waals surface area contributed by atoms with Gasteiger partial charge in [0.05, 0.1) is 7.11 Å². The topological polar surface area (TPSA) is 140 Å². The minimum absolute atomic E-state index is 0.170. The highest BCUT2D eigenvalue weighted by Gasteiger charge is 2.58. The lowest BCUT2D eigenvalue weighted by Crippen LogP contribution is -2.58. The molecule has 2 amide bonds. The molecule has 3 aliphatic rings. The quantitative estimate of drug-likeness (QED) is 0.709. The average Bonchev–Trinajstić information content (AvgIpc) is 2.91. The molecule has 28 heavy (non-hydrogen) atoms. The van der Waals surface area contributed by atoms with Crippen molar-refractivity contribution < 1.29 is 24.4 Å². The highest BCUT2D eigenvalue weighted by Crippen LogP contribution is 2.46. The van der Waals surface area contributed by atoms with Gasteiger partial charge in [-0.05, 0) is 20.3 Å². The zero-order valence-electron chi connectivity index (χ0n) is 15.7. The number of fused-ring (bicyclic) bond motifs is 5. The average molecular weight is 391 g/mol. The minimum Gasteiger partial charge on any atom is -0.503 e. The maximum absolute atomic E-state index is 13.0. The first-order chi connectivity index (χ1) is 13.2. The number of nitrogens with two attached hydrogens (primary N) is 1. The zero-order valence-corrected chi connectivity index (χ0v) is 15.7. The van der Waals surface area contributed by atoms with Gasteiger partial charge in [0.25, 0.3) is 17.5 Å². The number of hydrogen-bond acceptors (Lipinski definition) is 8. The summed E-state index contributed by atoms with van der Waals surface area (Å²) in [7, 11) is 1.48. The molecule has 150 valence electrons. The normalized spacial score (nSPS) is 28.7. The summed E-state index contributed by atoms with van der Waals surface area (Å²) in [4.78, 5) is 50.1. The summed E-state index contributed by atoms with van der Waals surface area (Å²) in [6, 6.07) is -0.785. The number of pyridine rings is 1. The Morgan fingerprint density at radius 2 is 2.18 bits per heavy atom. The predicted octanol–water partition coefficient (Wildman–Crippen LogP) is -0.245. The van der Waals surface area contributed by atoms with Gasteiger partial charge in [0.1, 0.15) is 11.6 Å². The number of oxime groups is 1. The maximum atomic E-state index is 13.0. The van der Waals surface area contributed by atoms with Crippen LogP contribution in [0.25, 0.3) is 0 Å². The van der Waals surface area contributed by atoms with Crippen LogP contribution in [0, 0.1) is 0 Å². The molecule has 1 saturated heterocycles. The lowest BCUT2D eigenvalue weighted by Gasteiger charge is -2.44. The van der Waals surface area contributed by atoms with E-state index >= 15 is 0 Å². The fraction of sp³-hybridized carbons (Fsp3) is 0.529. The fourth-order valence-corrected chi connectivity index (χ4v) is 4.35. The van der Waals surface area contributed by atoms with E-state index < -0.39 is 40.3 Å². The monoisotopic (exact) mass is 391 g/mol. The van der Waals surface area contributed by atoms with Gasteiger partial charge >= 0.3 is 0 Å². The smallest absolute Gasteiger partial charge is 0.274 e. The number of carbonyl (C=O) groups excluding carboxylic acids is 2. The summed E-state index contributed by atoms with van der Waals surface area (Å²) in [5, 5.41) is 16.1. The second-order valence-corrected chi connectivity index (χ2v) is 7.25. The number of primary amides is 1. The maximum Gasteiger partial charge on any atom is 0.274 e. The van der Waals surface area contributed by atoms with Gasteiger partial charge in [-0.15, -0.1) is 0 Å². The zero-order chi connectivity index (χ0) is 20.4. The van der Waals surface area contributed by atoms with Crippen molar-refractivity contribution in [2.24, 2.45) is 10.9 Å². The fourth-order valence-electron chi connectivity index (χ4n) is 4.35. The molecule has 2 bridgehead atoms. The van der Waals surface area contributed by atoms with Gasteiger partial charge in [-0.2, -0.15) is 5.06 Å². The van der Waals surface area contributed by atoms with Gasteiger partial charge in [0.15, 0.2) is 17.3 Å². The molecule has 1 spiro atoms. The van der Waals surface area contributed by atoms with E-state index in [9.17, 15) is 19.5 Å². The molecule has 0 aliphatic carbocycles. The van der Waals surface area contributed by atoms with Crippen LogP contribution >= 0.6 is 0 Å². The molecule has 11 heteroatoms. The third-order valence-corrected chi connectivity index (χ3v) is 5.77. The Morgan fingerprint density at radius 1 is 1.46 bits per heavy atom. The van der Waals surface area contributed by atoms with Gasteiger partial charge in [0, 0.05) is 25.2 Å². The molecule has 0 saturated carbocycles. The van der Waals surface area contributed by atoms with E-state index in [2.05, 4.69) is 5.16 Å². The Labute approximate surface area is 159 Å². The number of hydroxylamine groups is 2. The van der Waals surface area contributed by atoms with E-state index in [4.69, 9.17) is 15.4 Å². The number of amidine groups is 1. The first kappa shape index (κ1) is 18.3. The van der Waals surface area contributed by atoms with Crippen molar-refractivity contribution in [1.29, 1.82) is 0 Å². The molecule has 2 unspecified atom stereocenters. The van der Waals surface area contributed by atoms with Crippen molar-refractivity contribution in [3.63, 3.8) is 0 Å². The summed E-state index contributed by atoms with van der Waals surface area (Å²) in [5.74, 6) is -1.81. The largest absolute Gasteiger partial charge is 0.503 e. The Bertz CT molecular complexity index is 972. The molecular weight excluding hydrogens is 370 g/mol. The molecule has 4 rings (SSSR count). The van der Waals surface area contributed by atoms with Gasteiger partial charge in [-0.25, -0.2) is 0 Å². The molecule has 0 radical (unpaired) electrons. The summed E-state index contributed by atoms with van der Waals surface area (Å²) in [6.45, 7) is 3.82. The number of aromatic hydroxyl groups is 1. The van der Waals surface area contributed by atoms with Crippen LogP contribution in [0.1, 0.15) is 53.6 Å². The minimum atomic E-state index is -1.12. The van der Waals surface area contributed by atoms with Crippen molar-refractivity contribution in [3.8, 4) is 5.75 Å². The van der Waals surface area contributed by atoms with E-state index in [-0.39, 0.29) is 18.3 Å². The second kappa shape index (κ2) is 5.96. The summed E-state index contributed by atoms with van der Waals surface area (Å²) >= 11 is 0. The molecule has 3 aliphatic heterocycles. The van der Waals surface area contributed by atoms with Crippen molar-refractivity contribution in [2.75, 3.05) is 13.7 Å². The SMILES string of the molecule is CON1C(C)=NOC12CC[C@H](C)N1CC2n2cc(C(N)=O)c(=O)c(O)c2C1=O. The predicted molar refractivity (Wildman–Crippen MR) is 95.4 cm³/mol. The van der Waals surface area contributed by atoms with Crippen LogP contribution in [0.2, 0.25) is 0 Å². The molecule has 11 nitrogen and oxygen atoms in total. The van der Waals surface area contributed by atoms with Crippen LogP contribution in [0.4, 0.5) is 0 Å². The van der Waals surface area contributed by atoms with Crippen molar-refractivity contribution in [3.05, 3.63) is 27.7 Å².